The van der Waals surface area contributed by atoms with Crippen LogP contribution in [0.1, 0.15) is 92.4 Å². The lowest BCUT2D eigenvalue weighted by Gasteiger charge is -2.41. The van der Waals surface area contributed by atoms with Crippen LogP contribution >= 0.6 is 0 Å². The summed E-state index contributed by atoms with van der Waals surface area (Å²) in [4.78, 5) is 15.4. The van der Waals surface area contributed by atoms with Crippen LogP contribution < -0.4 is 0 Å². The molecule has 0 amide bonds. The summed E-state index contributed by atoms with van der Waals surface area (Å²) in [5.74, 6) is 3.71. The summed E-state index contributed by atoms with van der Waals surface area (Å²) >= 11 is 0. The minimum Gasteiger partial charge on any atom is -0.456 e. The molecule has 4 atom stereocenters. The van der Waals surface area contributed by atoms with Crippen LogP contribution in [0, 0.1) is 11.8 Å². The number of para-hydroxylation sites is 1. The first kappa shape index (κ1) is 32.8. The molecule has 1 spiro atoms. The Labute approximate surface area is 323 Å². The van der Waals surface area contributed by atoms with Crippen LogP contribution in [0.3, 0.4) is 0 Å². The highest BCUT2D eigenvalue weighted by atomic mass is 16.3. The molecule has 5 aromatic rings. The number of furan rings is 1. The highest BCUT2D eigenvalue weighted by Gasteiger charge is 2.51. The number of benzene rings is 3. The molecule has 270 valence electrons. The Hall–Kier alpha value is -5.61. The molecule has 3 aromatic carbocycles. The van der Waals surface area contributed by atoms with E-state index in [0.29, 0.717) is 29.0 Å². The quantitative estimate of drug-likeness (QED) is 0.182. The zero-order chi connectivity index (χ0) is 36.3. The summed E-state index contributed by atoms with van der Waals surface area (Å²) in [6, 6.07) is 23.9. The average Bonchev–Trinajstić information content (AvgIpc) is 3.76. The fourth-order valence-electron chi connectivity index (χ4n) is 10.7. The molecule has 0 bridgehead atoms. The Bertz CT molecular complexity index is 2610. The van der Waals surface area contributed by atoms with Gasteiger partial charge >= 0.3 is 0 Å². The van der Waals surface area contributed by atoms with Crippen molar-refractivity contribution >= 4 is 27.5 Å². The van der Waals surface area contributed by atoms with Crippen molar-refractivity contribution in [1.82, 2.24) is 15.0 Å². The predicted molar refractivity (Wildman–Crippen MR) is 223 cm³/mol. The second-order valence-electron chi connectivity index (χ2n) is 16.4. The van der Waals surface area contributed by atoms with Gasteiger partial charge in [0, 0.05) is 45.1 Å². The van der Waals surface area contributed by atoms with Crippen LogP contribution in [0.2, 0.25) is 0 Å². The number of allylic oxidation sites excluding steroid dienone is 16. The van der Waals surface area contributed by atoms with Crippen molar-refractivity contribution in [3.8, 4) is 11.4 Å². The van der Waals surface area contributed by atoms with E-state index in [1.807, 2.05) is 12.1 Å². The van der Waals surface area contributed by atoms with Gasteiger partial charge in [-0.3, -0.25) is 0 Å². The summed E-state index contributed by atoms with van der Waals surface area (Å²) in [6.45, 7) is 0. The maximum Gasteiger partial charge on any atom is 0.163 e. The van der Waals surface area contributed by atoms with Crippen molar-refractivity contribution in [2.24, 2.45) is 11.8 Å². The SMILES string of the molecule is C1=CC(C2=CC3c4ccccc4C4(CCCCC4)C3C=C2)CC(C2=CC=CC(c3nc(C4=CCCC=C4)nc(-c4ccc5c(c4)oc4ccccc45)n3)C2)=C1. The largest absolute Gasteiger partial charge is 0.456 e. The minimum atomic E-state index is 0.0464. The molecule has 6 aliphatic rings. The molecule has 0 N–H and O–H groups in total. The Balaban J connectivity index is 0.875. The summed E-state index contributed by atoms with van der Waals surface area (Å²) in [6.07, 6.45) is 38.8. The number of aromatic nitrogens is 3. The molecular weight excluding hydrogens is 671 g/mol. The first-order valence-electron chi connectivity index (χ1n) is 20.5. The fraction of sp³-hybridized carbons (Fsp3) is 0.275. The number of hydrogen-bond donors (Lipinski definition) is 0. The van der Waals surface area contributed by atoms with Crippen molar-refractivity contribution in [3.05, 3.63) is 179 Å². The predicted octanol–water partition coefficient (Wildman–Crippen LogP) is 12.8. The lowest BCUT2D eigenvalue weighted by Crippen LogP contribution is -2.34. The molecular formula is C51H45N3O. The zero-order valence-electron chi connectivity index (χ0n) is 31.2. The van der Waals surface area contributed by atoms with Gasteiger partial charge in [0.05, 0.1) is 0 Å². The van der Waals surface area contributed by atoms with E-state index in [1.165, 1.54) is 48.8 Å². The first-order valence-corrected chi connectivity index (χ1v) is 20.5. The lowest BCUT2D eigenvalue weighted by atomic mass is 9.63. The van der Waals surface area contributed by atoms with Crippen LogP contribution in [0.25, 0.3) is 38.9 Å². The molecule has 0 radical (unpaired) electrons. The van der Waals surface area contributed by atoms with Gasteiger partial charge in [0.1, 0.15) is 17.0 Å². The molecule has 1 fully saturated rings. The zero-order valence-corrected chi connectivity index (χ0v) is 31.2. The van der Waals surface area contributed by atoms with Crippen LogP contribution in [-0.2, 0) is 5.41 Å². The summed E-state index contributed by atoms with van der Waals surface area (Å²) in [7, 11) is 0. The third-order valence-corrected chi connectivity index (χ3v) is 13.4. The van der Waals surface area contributed by atoms with Gasteiger partial charge in [-0.15, -0.1) is 0 Å². The number of hydrogen-bond acceptors (Lipinski definition) is 4. The highest BCUT2D eigenvalue weighted by Crippen LogP contribution is 2.60. The third-order valence-electron chi connectivity index (χ3n) is 13.4. The van der Waals surface area contributed by atoms with Gasteiger partial charge in [-0.1, -0.05) is 141 Å². The van der Waals surface area contributed by atoms with E-state index >= 15 is 0 Å². The van der Waals surface area contributed by atoms with Crippen molar-refractivity contribution in [2.45, 2.75) is 75.0 Å². The van der Waals surface area contributed by atoms with Gasteiger partial charge in [-0.25, -0.2) is 15.0 Å². The number of fused-ring (bicyclic) bond motifs is 8. The van der Waals surface area contributed by atoms with E-state index in [9.17, 15) is 0 Å². The normalized spacial score (nSPS) is 25.1. The fourth-order valence-corrected chi connectivity index (χ4v) is 10.7. The van der Waals surface area contributed by atoms with Gasteiger partial charge in [-0.05, 0) is 90.5 Å². The van der Waals surface area contributed by atoms with E-state index < -0.39 is 0 Å². The Morgan fingerprint density at radius 2 is 1.45 bits per heavy atom. The van der Waals surface area contributed by atoms with E-state index in [-0.39, 0.29) is 5.92 Å². The Kier molecular flexibility index (Phi) is 7.93. The first-order chi connectivity index (χ1) is 27.2. The topological polar surface area (TPSA) is 51.8 Å². The Morgan fingerprint density at radius 1 is 0.673 bits per heavy atom. The van der Waals surface area contributed by atoms with E-state index in [1.54, 1.807) is 11.1 Å². The summed E-state index contributed by atoms with van der Waals surface area (Å²) < 4.78 is 6.27. The molecule has 4 unspecified atom stereocenters. The average molecular weight is 716 g/mol. The van der Waals surface area contributed by atoms with Crippen molar-refractivity contribution in [2.75, 3.05) is 0 Å². The van der Waals surface area contributed by atoms with Gasteiger partial charge in [0.2, 0.25) is 0 Å². The smallest absolute Gasteiger partial charge is 0.163 e. The van der Waals surface area contributed by atoms with Gasteiger partial charge in [0.25, 0.3) is 0 Å². The minimum absolute atomic E-state index is 0.0464. The number of rotatable bonds is 5. The van der Waals surface area contributed by atoms with Crippen molar-refractivity contribution in [1.29, 1.82) is 0 Å². The van der Waals surface area contributed by atoms with Crippen molar-refractivity contribution in [3.63, 3.8) is 0 Å². The third kappa shape index (κ3) is 5.60. The maximum atomic E-state index is 6.27. The second kappa shape index (κ2) is 13.3. The molecule has 4 nitrogen and oxygen atoms in total. The molecule has 2 heterocycles. The molecule has 11 rings (SSSR count). The standard InChI is InChI=1S/C51H45N3O/c1-3-13-33(14-4-1)48-52-49(54-50(53-48)39-23-25-42-41-20-6-8-22-46(41)55-47(42)32-39)38-18-12-17-36(30-38)34-15-11-16-35(29-34)37-24-26-45-43(31-37)40-19-5-7-21-44(40)51(45)27-9-2-10-28-51/h3,5-8,11-26,31-32,35,38,43,45H,1-2,4,9-10,27-30H2. The lowest BCUT2D eigenvalue weighted by molar-refractivity contribution is 0.232. The molecule has 55 heavy (non-hydrogen) atoms. The van der Waals surface area contributed by atoms with Crippen LogP contribution in [0.4, 0.5) is 0 Å². The molecule has 2 aromatic heterocycles. The van der Waals surface area contributed by atoms with Crippen LogP contribution in [0.15, 0.2) is 161 Å². The second-order valence-corrected chi connectivity index (χ2v) is 16.4. The maximum absolute atomic E-state index is 6.27. The highest BCUT2D eigenvalue weighted by molar-refractivity contribution is 6.05. The van der Waals surface area contributed by atoms with Gasteiger partial charge in [-0.2, -0.15) is 0 Å². The number of nitrogens with zero attached hydrogens (tertiary/aromatic N) is 3. The molecule has 1 saturated carbocycles. The molecule has 0 saturated heterocycles. The van der Waals surface area contributed by atoms with Crippen LogP contribution in [0.5, 0.6) is 0 Å². The monoisotopic (exact) mass is 715 g/mol. The van der Waals surface area contributed by atoms with E-state index in [4.69, 9.17) is 19.4 Å². The van der Waals surface area contributed by atoms with Gasteiger partial charge < -0.3 is 4.42 Å². The van der Waals surface area contributed by atoms with Crippen LogP contribution in [-0.4, -0.2) is 15.0 Å². The van der Waals surface area contributed by atoms with E-state index in [0.717, 1.165) is 70.4 Å². The Morgan fingerprint density at radius 3 is 2.33 bits per heavy atom. The van der Waals surface area contributed by atoms with Gasteiger partial charge in [0.15, 0.2) is 11.6 Å². The summed E-state index contributed by atoms with van der Waals surface area (Å²) in [5.41, 5.74) is 11.5. The van der Waals surface area contributed by atoms with E-state index in [2.05, 4.69) is 128 Å². The molecule has 4 heteroatoms. The molecule has 6 aliphatic carbocycles. The molecule has 0 aliphatic heterocycles. The summed E-state index contributed by atoms with van der Waals surface area (Å²) in [5, 5.41) is 2.22. The van der Waals surface area contributed by atoms with Crippen molar-refractivity contribution < 1.29 is 4.42 Å².